The van der Waals surface area contributed by atoms with Gasteiger partial charge in [0.1, 0.15) is 0 Å². The maximum atomic E-state index is 3.61. The van der Waals surface area contributed by atoms with Gasteiger partial charge in [0.2, 0.25) is 0 Å². The van der Waals surface area contributed by atoms with Crippen LogP contribution in [-0.2, 0) is 28.1 Å². The van der Waals surface area contributed by atoms with Crippen molar-refractivity contribution in [2.45, 2.75) is 129 Å². The third-order valence-electron chi connectivity index (χ3n) is 7.88. The monoisotopic (exact) mass is 667 g/mol. The van der Waals surface area contributed by atoms with Crippen LogP contribution in [0.25, 0.3) is 5.57 Å². The fraction of sp³-hybridized carbons (Fsp3) is 0.556. The summed E-state index contributed by atoms with van der Waals surface area (Å²) < 4.78 is 0. The number of halogens is 3. The molecule has 41 heavy (non-hydrogen) atoms. The molecule has 0 heterocycles. The van der Waals surface area contributed by atoms with E-state index in [4.69, 9.17) is 0 Å². The molecule has 0 bridgehead atoms. The number of allylic oxidation sites excluding steroid dienone is 4. The maximum Gasteiger partial charge on any atom is 0.0407 e. The third kappa shape index (κ3) is 17.0. The first-order valence-electron chi connectivity index (χ1n) is 15.5. The van der Waals surface area contributed by atoms with Crippen LogP contribution >= 0.6 is 37.2 Å². The van der Waals surface area contributed by atoms with Gasteiger partial charge >= 0.3 is 0 Å². The van der Waals surface area contributed by atoms with Crippen LogP contribution in [0.3, 0.4) is 0 Å². The van der Waals surface area contributed by atoms with E-state index in [-0.39, 0.29) is 58.9 Å². The van der Waals surface area contributed by atoms with Crippen LogP contribution in [0.2, 0.25) is 0 Å². The molecule has 0 nitrogen and oxygen atoms in total. The van der Waals surface area contributed by atoms with E-state index in [0.717, 1.165) is 15.9 Å². The van der Waals surface area contributed by atoms with Gasteiger partial charge in [-0.3, -0.25) is 0 Å². The van der Waals surface area contributed by atoms with Gasteiger partial charge in [0.25, 0.3) is 0 Å². The van der Waals surface area contributed by atoms with E-state index in [2.05, 4.69) is 74.5 Å². The third-order valence-corrected chi connectivity index (χ3v) is 9.34. The van der Waals surface area contributed by atoms with E-state index in [1.54, 1.807) is 10.8 Å². The second-order valence-electron chi connectivity index (χ2n) is 11.0. The molecule has 0 unspecified atom stereocenters. The predicted octanol–water partition coefficient (Wildman–Crippen LogP) is 11.6. The van der Waals surface area contributed by atoms with Gasteiger partial charge in [-0.05, 0) is 30.9 Å². The summed E-state index contributed by atoms with van der Waals surface area (Å²) in [5.41, 5.74) is 5.71. The average Bonchev–Trinajstić information content (AvgIpc) is 3.38. The molecule has 0 amide bonds. The van der Waals surface area contributed by atoms with E-state index in [1.807, 2.05) is 0 Å². The van der Waals surface area contributed by atoms with Crippen LogP contribution in [0.15, 0.2) is 59.8 Å². The normalized spacial score (nSPS) is 11.9. The summed E-state index contributed by atoms with van der Waals surface area (Å²) in [6.45, 7) is 4.61. The predicted molar refractivity (Wildman–Crippen MR) is 187 cm³/mol. The molecule has 0 aromatic heterocycles. The maximum absolute atomic E-state index is 3.61. The largest absolute Gasteiger partial charge is 0.197 e. The molecule has 0 N–H and O–H groups in total. The molecule has 0 fully saturated rings. The number of aryl methyl sites for hydroxylation is 1. The Morgan fingerprint density at radius 1 is 0.634 bits per heavy atom. The summed E-state index contributed by atoms with van der Waals surface area (Å²) in [5.74, 6) is 0. The fourth-order valence-electron chi connectivity index (χ4n) is 5.57. The van der Waals surface area contributed by atoms with Gasteiger partial charge < -0.3 is 0 Å². The van der Waals surface area contributed by atoms with Gasteiger partial charge in [0.05, 0.1) is 0 Å². The first kappa shape index (κ1) is 42.9. The Balaban J connectivity index is 0. The summed E-state index contributed by atoms with van der Waals surface area (Å²) in [6.07, 6.45) is 31.1. The van der Waals surface area contributed by atoms with Crippen LogP contribution in [0, 0.1) is 13.0 Å². The molecular formula is C36H54Cl3SiTi-. The molecule has 5 heteroatoms. The first-order valence-corrected chi connectivity index (χ1v) is 16.5. The Morgan fingerprint density at radius 2 is 1.15 bits per heavy atom. The Kier molecular flexibility index (Phi) is 28.5. The van der Waals surface area contributed by atoms with Gasteiger partial charge in [-0.1, -0.05) is 151 Å². The minimum absolute atomic E-state index is 0. The second kappa shape index (κ2) is 27.3. The van der Waals surface area contributed by atoms with Gasteiger partial charge in [-0.25, -0.2) is 0 Å². The van der Waals surface area contributed by atoms with Gasteiger partial charge in [0, 0.05) is 31.2 Å². The van der Waals surface area contributed by atoms with Crippen molar-refractivity contribution < 1.29 is 21.7 Å². The van der Waals surface area contributed by atoms with Crippen molar-refractivity contribution in [1.82, 2.24) is 0 Å². The Bertz CT molecular complexity index is 959. The molecule has 1 aliphatic carbocycles. The molecule has 0 aliphatic heterocycles. The van der Waals surface area contributed by atoms with Crippen molar-refractivity contribution in [1.29, 1.82) is 0 Å². The van der Waals surface area contributed by atoms with Crippen molar-refractivity contribution in [2.24, 2.45) is 0 Å². The smallest absolute Gasteiger partial charge is 0.0407 e. The molecule has 228 valence electrons. The topological polar surface area (TPSA) is 0 Å². The van der Waals surface area contributed by atoms with Crippen molar-refractivity contribution in [2.75, 3.05) is 0 Å². The quantitative estimate of drug-likeness (QED) is 0.0748. The number of rotatable bonds is 20. The van der Waals surface area contributed by atoms with Gasteiger partial charge in [-0.2, -0.15) is 16.8 Å². The molecule has 2 aromatic rings. The first-order chi connectivity index (χ1) is 18.3. The van der Waals surface area contributed by atoms with E-state index >= 15 is 0 Å². The summed E-state index contributed by atoms with van der Waals surface area (Å²) in [4.78, 5) is 0. The minimum atomic E-state index is 0. The Labute approximate surface area is 289 Å². The number of hydrogen-bond donors (Lipinski definition) is 0. The minimum Gasteiger partial charge on any atom is -0.197 e. The fourth-order valence-corrected chi connectivity index (χ4v) is 7.08. The van der Waals surface area contributed by atoms with Crippen LogP contribution < -0.4 is 5.19 Å². The van der Waals surface area contributed by atoms with Crippen molar-refractivity contribution in [3.8, 4) is 0 Å². The molecule has 2 aromatic carbocycles. The summed E-state index contributed by atoms with van der Waals surface area (Å²) in [6, 6.07) is 17.7. The molecule has 3 rings (SSSR count). The average molecular weight is 669 g/mol. The van der Waals surface area contributed by atoms with Crippen LogP contribution in [0.4, 0.5) is 0 Å². The number of benzene rings is 2. The Morgan fingerprint density at radius 3 is 1.68 bits per heavy atom. The molecule has 0 atom stereocenters. The van der Waals surface area contributed by atoms with E-state index in [0.29, 0.717) is 0 Å². The summed E-state index contributed by atoms with van der Waals surface area (Å²) in [7, 11) is 0.731. The Hall–Kier alpha value is -0.279. The number of unbranched alkanes of at least 4 members (excludes halogenated alkanes) is 15. The number of hydrogen-bond acceptors (Lipinski definition) is 0. The zero-order valence-corrected chi connectivity index (χ0v) is 30.7. The molecular weight excluding hydrogens is 615 g/mol. The van der Waals surface area contributed by atoms with Crippen LogP contribution in [0.5, 0.6) is 0 Å². The molecule has 0 spiro atoms. The standard InChI is InChI=1S/C36H51Si.3ClH.Ti/c1-3-4-5-6-7-8-9-10-11-12-13-14-15-16-17-21-27-33-31(2)24-22-29-35(33)37-36-30-23-28-34(36)32-25-19-18-20-26-32;;;;/h18-20,22,24-26,29-30H,3-17,21,23,27H2,1-2H3;3*1H;/q-1;;;;. The van der Waals surface area contributed by atoms with Crippen molar-refractivity contribution in [3.05, 3.63) is 82.6 Å². The van der Waals surface area contributed by atoms with Crippen LogP contribution in [0.1, 0.15) is 133 Å². The zero-order valence-electron chi connectivity index (χ0n) is 25.6. The van der Waals surface area contributed by atoms with Gasteiger partial charge in [0.15, 0.2) is 0 Å². The van der Waals surface area contributed by atoms with E-state index in [1.165, 1.54) is 131 Å². The van der Waals surface area contributed by atoms with E-state index < -0.39 is 0 Å². The molecule has 0 saturated heterocycles. The van der Waals surface area contributed by atoms with Crippen molar-refractivity contribution >= 4 is 57.5 Å². The summed E-state index contributed by atoms with van der Waals surface area (Å²) in [5, 5.41) is 3.02. The summed E-state index contributed by atoms with van der Waals surface area (Å²) >= 11 is 0. The zero-order chi connectivity index (χ0) is 26.0. The molecule has 0 saturated carbocycles. The molecule has 2 radical (unpaired) electrons. The SMILES string of the molecule is CCCCCCCCCCCCCCCCCCc1c(C)cccc1[Si]C1=CC[C-]=C1c1ccccc1.Cl.Cl.Cl.[Ti]. The molecule has 1 aliphatic rings. The van der Waals surface area contributed by atoms with Gasteiger partial charge in [-0.15, -0.1) is 61.0 Å². The second-order valence-corrected chi connectivity index (χ2v) is 12.3. The van der Waals surface area contributed by atoms with Crippen LogP contribution in [-0.4, -0.2) is 9.52 Å². The van der Waals surface area contributed by atoms with E-state index in [9.17, 15) is 0 Å². The van der Waals surface area contributed by atoms with Crippen molar-refractivity contribution in [3.63, 3.8) is 0 Å².